The van der Waals surface area contributed by atoms with Crippen molar-refractivity contribution in [1.29, 1.82) is 0 Å². The Balaban J connectivity index is 1.44. The van der Waals surface area contributed by atoms with Crippen LogP contribution in [0.2, 0.25) is 5.15 Å². The molecule has 0 aliphatic carbocycles. The Morgan fingerprint density at radius 3 is 2.91 bits per heavy atom. The van der Waals surface area contributed by atoms with Gasteiger partial charge >= 0.3 is 0 Å². The van der Waals surface area contributed by atoms with Crippen LogP contribution in [0, 0.1) is 11.7 Å². The molecule has 0 spiro atoms. The molecular weight excluding hydrogens is 373 g/mol. The predicted octanol–water partition coefficient (Wildman–Crippen LogP) is 3.54. The Morgan fingerprint density at radius 1 is 1.36 bits per heavy atom. The normalized spacial score (nSPS) is 15.6. The van der Waals surface area contributed by atoms with Crippen LogP contribution in [0.5, 0.6) is 5.88 Å². The van der Waals surface area contributed by atoms with E-state index in [-0.39, 0.29) is 5.82 Å². The van der Waals surface area contributed by atoms with Gasteiger partial charge in [-0.1, -0.05) is 33.6 Å². The number of halogens is 3. The van der Waals surface area contributed by atoms with Gasteiger partial charge in [-0.2, -0.15) is 4.98 Å². The zero-order chi connectivity index (χ0) is 15.5. The number of benzene rings is 1. The van der Waals surface area contributed by atoms with E-state index in [0.717, 1.165) is 29.7 Å². The minimum atomic E-state index is -0.229. The molecule has 2 aromatic rings. The molecule has 22 heavy (non-hydrogen) atoms. The average molecular weight is 387 g/mol. The van der Waals surface area contributed by atoms with Gasteiger partial charge in [-0.3, -0.25) is 9.88 Å². The molecule has 1 aliphatic heterocycles. The van der Waals surface area contributed by atoms with Crippen molar-refractivity contribution in [3.8, 4) is 5.88 Å². The number of likely N-dealkylation sites (tertiary alicyclic amines) is 1. The van der Waals surface area contributed by atoms with E-state index in [1.165, 1.54) is 18.3 Å². The number of hydrogen-bond acceptors (Lipinski definition) is 4. The van der Waals surface area contributed by atoms with Crippen LogP contribution in [-0.4, -0.2) is 34.6 Å². The standard InChI is InChI=1S/C15H14BrClFN3O/c16-13-3-12(18)2-1-11(13)8-21-6-10(7-21)9-22-15-5-19-4-14(17)20-15/h1-5,10H,6-9H2. The molecule has 1 aromatic heterocycles. The molecule has 0 atom stereocenters. The van der Waals surface area contributed by atoms with Gasteiger partial charge in [0.05, 0.1) is 19.0 Å². The lowest BCUT2D eigenvalue weighted by Gasteiger charge is -2.39. The summed E-state index contributed by atoms with van der Waals surface area (Å²) in [6.07, 6.45) is 3.03. The largest absolute Gasteiger partial charge is 0.476 e. The van der Waals surface area contributed by atoms with E-state index in [1.54, 1.807) is 6.20 Å². The molecule has 2 heterocycles. The monoisotopic (exact) mass is 385 g/mol. The summed E-state index contributed by atoms with van der Waals surface area (Å²) in [4.78, 5) is 10.3. The summed E-state index contributed by atoms with van der Waals surface area (Å²) in [5, 5.41) is 0.328. The first-order chi connectivity index (χ1) is 10.6. The second kappa shape index (κ2) is 6.89. The van der Waals surface area contributed by atoms with Crippen molar-refractivity contribution in [3.05, 3.63) is 51.6 Å². The van der Waals surface area contributed by atoms with Crippen LogP contribution in [0.1, 0.15) is 5.56 Å². The molecule has 116 valence electrons. The van der Waals surface area contributed by atoms with Gasteiger partial charge in [0.2, 0.25) is 5.88 Å². The van der Waals surface area contributed by atoms with Crippen LogP contribution in [0.3, 0.4) is 0 Å². The number of rotatable bonds is 5. The minimum absolute atomic E-state index is 0.229. The second-order valence-corrected chi connectivity index (χ2v) is 6.53. The van der Waals surface area contributed by atoms with E-state index < -0.39 is 0 Å². The smallest absolute Gasteiger partial charge is 0.233 e. The number of ether oxygens (including phenoxy) is 1. The van der Waals surface area contributed by atoms with E-state index in [9.17, 15) is 4.39 Å². The fourth-order valence-electron chi connectivity index (χ4n) is 2.40. The van der Waals surface area contributed by atoms with Crippen LogP contribution >= 0.6 is 27.5 Å². The highest BCUT2D eigenvalue weighted by molar-refractivity contribution is 9.10. The van der Waals surface area contributed by atoms with Crippen molar-refractivity contribution >= 4 is 27.5 Å². The van der Waals surface area contributed by atoms with Crippen molar-refractivity contribution < 1.29 is 9.13 Å². The highest BCUT2D eigenvalue weighted by atomic mass is 79.9. The van der Waals surface area contributed by atoms with Crippen molar-refractivity contribution in [2.24, 2.45) is 5.92 Å². The minimum Gasteiger partial charge on any atom is -0.476 e. The fraction of sp³-hybridized carbons (Fsp3) is 0.333. The average Bonchev–Trinajstić information content (AvgIpc) is 2.43. The lowest BCUT2D eigenvalue weighted by molar-refractivity contribution is 0.0541. The maximum absolute atomic E-state index is 13.1. The van der Waals surface area contributed by atoms with E-state index in [0.29, 0.717) is 23.6 Å². The third-order valence-electron chi connectivity index (χ3n) is 3.49. The first-order valence-corrected chi connectivity index (χ1v) is 8.04. The van der Waals surface area contributed by atoms with E-state index in [2.05, 4.69) is 30.8 Å². The molecule has 1 aromatic carbocycles. The second-order valence-electron chi connectivity index (χ2n) is 5.29. The van der Waals surface area contributed by atoms with Gasteiger partial charge in [-0.05, 0) is 17.7 Å². The predicted molar refractivity (Wildman–Crippen MR) is 85.4 cm³/mol. The summed E-state index contributed by atoms with van der Waals surface area (Å²) >= 11 is 9.15. The Hall–Kier alpha value is -1.24. The van der Waals surface area contributed by atoms with Gasteiger partial charge in [0.25, 0.3) is 0 Å². The SMILES string of the molecule is Fc1ccc(CN2CC(COc3cncc(Cl)n3)C2)c(Br)c1. The lowest BCUT2D eigenvalue weighted by Crippen LogP contribution is -2.48. The van der Waals surface area contributed by atoms with Gasteiger partial charge in [0.1, 0.15) is 5.82 Å². The summed E-state index contributed by atoms with van der Waals surface area (Å²) in [5.41, 5.74) is 1.08. The zero-order valence-corrected chi connectivity index (χ0v) is 14.0. The summed E-state index contributed by atoms with van der Waals surface area (Å²) in [6, 6.07) is 4.79. The van der Waals surface area contributed by atoms with Crippen LogP contribution in [-0.2, 0) is 6.54 Å². The third-order valence-corrected chi connectivity index (χ3v) is 4.41. The molecule has 1 fully saturated rings. The molecule has 1 saturated heterocycles. The Kier molecular flexibility index (Phi) is 4.90. The van der Waals surface area contributed by atoms with E-state index in [4.69, 9.17) is 16.3 Å². The topological polar surface area (TPSA) is 38.2 Å². The lowest BCUT2D eigenvalue weighted by atomic mass is 10.0. The Labute approximate surface area is 141 Å². The third kappa shape index (κ3) is 3.94. The van der Waals surface area contributed by atoms with Crippen molar-refractivity contribution in [3.63, 3.8) is 0 Å². The van der Waals surface area contributed by atoms with Crippen LogP contribution in [0.4, 0.5) is 4.39 Å². The molecule has 0 unspecified atom stereocenters. The molecule has 0 bridgehead atoms. The van der Waals surface area contributed by atoms with Crippen LogP contribution < -0.4 is 4.74 Å². The van der Waals surface area contributed by atoms with Gasteiger partial charge in [-0.25, -0.2) is 4.39 Å². The van der Waals surface area contributed by atoms with Crippen LogP contribution in [0.15, 0.2) is 35.1 Å². The zero-order valence-electron chi connectivity index (χ0n) is 11.7. The Morgan fingerprint density at radius 2 is 2.18 bits per heavy atom. The molecule has 0 radical (unpaired) electrons. The highest BCUT2D eigenvalue weighted by Gasteiger charge is 2.27. The molecule has 3 rings (SSSR count). The van der Waals surface area contributed by atoms with Crippen molar-refractivity contribution in [1.82, 2.24) is 14.9 Å². The molecule has 1 aliphatic rings. The van der Waals surface area contributed by atoms with Crippen LogP contribution in [0.25, 0.3) is 0 Å². The molecule has 0 saturated carbocycles. The van der Waals surface area contributed by atoms with E-state index >= 15 is 0 Å². The van der Waals surface area contributed by atoms with Gasteiger partial charge in [-0.15, -0.1) is 0 Å². The maximum Gasteiger partial charge on any atom is 0.233 e. The first-order valence-electron chi connectivity index (χ1n) is 6.87. The molecule has 0 amide bonds. The number of nitrogens with zero attached hydrogens (tertiary/aromatic N) is 3. The van der Waals surface area contributed by atoms with Gasteiger partial charge in [0, 0.05) is 30.0 Å². The summed E-state index contributed by atoms with van der Waals surface area (Å²) in [6.45, 7) is 3.28. The first kappa shape index (κ1) is 15.6. The molecule has 7 heteroatoms. The summed E-state index contributed by atoms with van der Waals surface area (Å²) < 4.78 is 19.4. The van der Waals surface area contributed by atoms with Crippen molar-refractivity contribution in [2.45, 2.75) is 6.54 Å². The maximum atomic E-state index is 13.1. The van der Waals surface area contributed by atoms with Gasteiger partial charge < -0.3 is 4.74 Å². The number of aromatic nitrogens is 2. The molecule has 4 nitrogen and oxygen atoms in total. The quantitative estimate of drug-likeness (QED) is 0.788. The fourth-order valence-corrected chi connectivity index (χ4v) is 3.02. The number of hydrogen-bond donors (Lipinski definition) is 0. The summed E-state index contributed by atoms with van der Waals surface area (Å²) in [5.74, 6) is 0.681. The van der Waals surface area contributed by atoms with Gasteiger partial charge in [0.15, 0.2) is 5.15 Å². The molecule has 0 N–H and O–H groups in total. The highest BCUT2D eigenvalue weighted by Crippen LogP contribution is 2.24. The molecular formula is C15H14BrClFN3O. The van der Waals surface area contributed by atoms with E-state index in [1.807, 2.05) is 6.07 Å². The summed E-state index contributed by atoms with van der Waals surface area (Å²) in [7, 11) is 0. The van der Waals surface area contributed by atoms with Crippen molar-refractivity contribution in [2.75, 3.05) is 19.7 Å². The Bertz CT molecular complexity index is 667.